The molecule has 0 spiro atoms. The van der Waals surface area contributed by atoms with Crippen molar-refractivity contribution in [1.29, 1.82) is 0 Å². The first-order valence-electron chi connectivity index (χ1n) is 3.97. The van der Waals surface area contributed by atoms with Gasteiger partial charge in [0.2, 0.25) is 0 Å². The van der Waals surface area contributed by atoms with Gasteiger partial charge in [-0.3, -0.25) is 0 Å². The van der Waals surface area contributed by atoms with Gasteiger partial charge in [-0.05, 0) is 24.6 Å². The molecule has 0 aliphatic carbocycles. The maximum atomic E-state index is 11.1. The van der Waals surface area contributed by atoms with Crippen molar-refractivity contribution in [2.75, 3.05) is 7.11 Å². The SMILES string of the molecule is COC(=O)c1ccc([C@@H](C)Br)cc1. The maximum absolute atomic E-state index is 11.1. The molecule has 3 heteroatoms. The lowest BCUT2D eigenvalue weighted by atomic mass is 10.1. The fraction of sp³-hybridized carbons (Fsp3) is 0.300. The molecule has 0 aliphatic rings. The number of carbonyl (C=O) groups is 1. The predicted octanol–water partition coefficient (Wildman–Crippen LogP) is 2.93. The highest BCUT2D eigenvalue weighted by Gasteiger charge is 2.05. The monoisotopic (exact) mass is 242 g/mol. The Morgan fingerprint density at radius 3 is 2.31 bits per heavy atom. The zero-order valence-corrected chi connectivity index (χ0v) is 9.17. The van der Waals surface area contributed by atoms with Crippen LogP contribution in [0.25, 0.3) is 0 Å². The van der Waals surface area contributed by atoms with E-state index in [0.29, 0.717) is 10.4 Å². The van der Waals surface area contributed by atoms with Gasteiger partial charge in [-0.1, -0.05) is 28.1 Å². The van der Waals surface area contributed by atoms with Gasteiger partial charge in [-0.25, -0.2) is 4.79 Å². The Bertz CT molecular complexity index is 290. The number of hydrogen-bond acceptors (Lipinski definition) is 2. The van der Waals surface area contributed by atoms with E-state index in [1.54, 1.807) is 12.1 Å². The van der Waals surface area contributed by atoms with Crippen LogP contribution < -0.4 is 0 Å². The Kier molecular flexibility index (Phi) is 3.48. The Morgan fingerprint density at radius 2 is 1.92 bits per heavy atom. The first kappa shape index (κ1) is 10.3. The molecule has 0 saturated heterocycles. The molecule has 1 aromatic carbocycles. The minimum atomic E-state index is -0.297. The van der Waals surface area contributed by atoms with Gasteiger partial charge in [0.05, 0.1) is 12.7 Å². The van der Waals surface area contributed by atoms with Crippen LogP contribution in [-0.2, 0) is 4.74 Å². The summed E-state index contributed by atoms with van der Waals surface area (Å²) in [6, 6.07) is 7.34. The second kappa shape index (κ2) is 4.42. The first-order valence-corrected chi connectivity index (χ1v) is 4.89. The zero-order chi connectivity index (χ0) is 9.84. The fourth-order valence-corrected chi connectivity index (χ4v) is 1.31. The molecule has 1 aromatic rings. The normalized spacial score (nSPS) is 12.2. The molecule has 13 heavy (non-hydrogen) atoms. The number of ether oxygens (including phenoxy) is 1. The summed E-state index contributed by atoms with van der Waals surface area (Å²) in [5.41, 5.74) is 1.73. The Labute approximate surface area is 86.0 Å². The van der Waals surface area contributed by atoms with Crippen LogP contribution in [0.2, 0.25) is 0 Å². The third kappa shape index (κ3) is 2.56. The minimum absolute atomic E-state index is 0.297. The van der Waals surface area contributed by atoms with Gasteiger partial charge < -0.3 is 4.74 Å². The van der Waals surface area contributed by atoms with Crippen molar-refractivity contribution in [1.82, 2.24) is 0 Å². The molecule has 1 rings (SSSR count). The highest BCUT2D eigenvalue weighted by Crippen LogP contribution is 2.21. The van der Waals surface area contributed by atoms with Crippen LogP contribution in [0.1, 0.15) is 27.7 Å². The topological polar surface area (TPSA) is 26.3 Å². The molecule has 0 unspecified atom stereocenters. The molecule has 70 valence electrons. The van der Waals surface area contributed by atoms with E-state index in [1.807, 2.05) is 19.1 Å². The number of benzene rings is 1. The number of carbonyl (C=O) groups excluding carboxylic acids is 1. The summed E-state index contributed by atoms with van der Waals surface area (Å²) in [5, 5.41) is 0. The number of esters is 1. The number of hydrogen-bond donors (Lipinski definition) is 0. The van der Waals surface area contributed by atoms with Crippen molar-refractivity contribution in [2.45, 2.75) is 11.8 Å². The lowest BCUT2D eigenvalue weighted by molar-refractivity contribution is 0.0600. The third-order valence-electron chi connectivity index (χ3n) is 1.79. The molecule has 0 aliphatic heterocycles. The van der Waals surface area contributed by atoms with Crippen molar-refractivity contribution in [3.63, 3.8) is 0 Å². The van der Waals surface area contributed by atoms with Crippen molar-refractivity contribution in [2.24, 2.45) is 0 Å². The van der Waals surface area contributed by atoms with Gasteiger partial charge in [-0.15, -0.1) is 0 Å². The smallest absolute Gasteiger partial charge is 0.337 e. The van der Waals surface area contributed by atoms with Crippen LogP contribution in [0.3, 0.4) is 0 Å². The largest absolute Gasteiger partial charge is 0.465 e. The van der Waals surface area contributed by atoms with Crippen LogP contribution in [0.5, 0.6) is 0 Å². The molecule has 1 atom stereocenters. The van der Waals surface area contributed by atoms with Crippen LogP contribution in [0.4, 0.5) is 0 Å². The van der Waals surface area contributed by atoms with E-state index < -0.39 is 0 Å². The van der Waals surface area contributed by atoms with Crippen molar-refractivity contribution in [3.8, 4) is 0 Å². The van der Waals surface area contributed by atoms with Crippen molar-refractivity contribution >= 4 is 21.9 Å². The summed E-state index contributed by atoms with van der Waals surface area (Å²) in [7, 11) is 1.38. The quantitative estimate of drug-likeness (QED) is 0.589. The molecular weight excluding hydrogens is 232 g/mol. The number of halogens is 1. The van der Waals surface area contributed by atoms with Gasteiger partial charge >= 0.3 is 5.97 Å². The summed E-state index contributed by atoms with van der Waals surface area (Å²) >= 11 is 3.44. The second-order valence-electron chi connectivity index (χ2n) is 2.73. The van der Waals surface area contributed by atoms with Crippen LogP contribution in [-0.4, -0.2) is 13.1 Å². The van der Waals surface area contributed by atoms with Gasteiger partial charge in [-0.2, -0.15) is 0 Å². The van der Waals surface area contributed by atoms with E-state index in [1.165, 1.54) is 7.11 Å². The lowest BCUT2D eigenvalue weighted by Gasteiger charge is -2.04. The Hall–Kier alpha value is -0.830. The second-order valence-corrected chi connectivity index (χ2v) is 4.10. The van der Waals surface area contributed by atoms with Gasteiger partial charge in [0.1, 0.15) is 0 Å². The average molecular weight is 243 g/mol. The Morgan fingerprint density at radius 1 is 1.38 bits per heavy atom. The summed E-state index contributed by atoms with van der Waals surface area (Å²) in [5.74, 6) is -0.297. The molecule has 0 heterocycles. The lowest BCUT2D eigenvalue weighted by Crippen LogP contribution is -2.00. The first-order chi connectivity index (χ1) is 6.15. The molecule has 0 aromatic heterocycles. The average Bonchev–Trinajstić information content (AvgIpc) is 2.17. The summed E-state index contributed by atoms with van der Waals surface area (Å²) in [4.78, 5) is 11.4. The Balaban J connectivity index is 2.87. The number of methoxy groups -OCH3 is 1. The van der Waals surface area contributed by atoms with Crippen LogP contribution in [0, 0.1) is 0 Å². The molecule has 0 N–H and O–H groups in total. The minimum Gasteiger partial charge on any atom is -0.465 e. The van der Waals surface area contributed by atoms with E-state index in [9.17, 15) is 4.79 Å². The van der Waals surface area contributed by atoms with Crippen LogP contribution in [0.15, 0.2) is 24.3 Å². The molecule has 0 saturated carbocycles. The molecule has 2 nitrogen and oxygen atoms in total. The third-order valence-corrected chi connectivity index (χ3v) is 2.32. The van der Waals surface area contributed by atoms with Gasteiger partial charge in [0.15, 0.2) is 0 Å². The maximum Gasteiger partial charge on any atom is 0.337 e. The highest BCUT2D eigenvalue weighted by molar-refractivity contribution is 9.09. The fourth-order valence-electron chi connectivity index (χ4n) is 1.00. The van der Waals surface area contributed by atoms with Crippen molar-refractivity contribution < 1.29 is 9.53 Å². The van der Waals surface area contributed by atoms with E-state index in [-0.39, 0.29) is 5.97 Å². The molecule has 0 fully saturated rings. The van der Waals surface area contributed by atoms with Crippen molar-refractivity contribution in [3.05, 3.63) is 35.4 Å². The highest BCUT2D eigenvalue weighted by atomic mass is 79.9. The summed E-state index contributed by atoms with van der Waals surface area (Å²) in [6.45, 7) is 2.03. The van der Waals surface area contributed by atoms with Crippen LogP contribution >= 0.6 is 15.9 Å². The summed E-state index contributed by atoms with van der Waals surface area (Å²) in [6.07, 6.45) is 0. The predicted molar refractivity (Wildman–Crippen MR) is 55.1 cm³/mol. The van der Waals surface area contributed by atoms with E-state index >= 15 is 0 Å². The van der Waals surface area contributed by atoms with Gasteiger partial charge in [0, 0.05) is 4.83 Å². The number of alkyl halides is 1. The standard InChI is InChI=1S/C10H11BrO2/c1-7(11)8-3-5-9(6-4-8)10(12)13-2/h3-7H,1-2H3/t7-/m1/s1. The molecule has 0 radical (unpaired) electrons. The van der Waals surface area contributed by atoms with E-state index in [4.69, 9.17) is 0 Å². The zero-order valence-electron chi connectivity index (χ0n) is 7.58. The van der Waals surface area contributed by atoms with Gasteiger partial charge in [0.25, 0.3) is 0 Å². The molecule has 0 bridgehead atoms. The molecule has 0 amide bonds. The van der Waals surface area contributed by atoms with E-state index in [2.05, 4.69) is 20.7 Å². The number of rotatable bonds is 2. The molecular formula is C10H11BrO2. The van der Waals surface area contributed by atoms with E-state index in [0.717, 1.165) is 5.56 Å². The summed E-state index contributed by atoms with van der Waals surface area (Å²) < 4.78 is 4.59.